The van der Waals surface area contributed by atoms with Crippen molar-refractivity contribution in [3.63, 3.8) is 0 Å². The zero-order valence-electron chi connectivity index (χ0n) is 13.5. The van der Waals surface area contributed by atoms with Crippen molar-refractivity contribution in [2.45, 2.75) is 39.8 Å². The fourth-order valence-electron chi connectivity index (χ4n) is 2.22. The maximum absolute atomic E-state index is 12.0. The number of aryl methyl sites for hydroxylation is 2. The van der Waals surface area contributed by atoms with Crippen LogP contribution in [0.5, 0.6) is 0 Å². The second-order valence-electron chi connectivity index (χ2n) is 5.36. The first-order valence-corrected chi connectivity index (χ1v) is 8.28. The number of carbonyl (C=O) groups excluding carboxylic acids is 1. The molecule has 0 spiro atoms. The van der Waals surface area contributed by atoms with Crippen molar-refractivity contribution in [3.05, 3.63) is 39.7 Å². The van der Waals surface area contributed by atoms with Crippen molar-refractivity contribution in [1.82, 2.24) is 15.2 Å². The van der Waals surface area contributed by atoms with Crippen molar-refractivity contribution in [2.24, 2.45) is 0 Å². The summed E-state index contributed by atoms with van der Waals surface area (Å²) in [5, 5.41) is 4.01. The molecule has 0 bridgehead atoms. The van der Waals surface area contributed by atoms with Crippen molar-refractivity contribution in [1.29, 1.82) is 0 Å². The molecule has 0 saturated heterocycles. The van der Waals surface area contributed by atoms with Gasteiger partial charge in [0.2, 0.25) is 5.91 Å². The van der Waals surface area contributed by atoms with Crippen LogP contribution in [0.15, 0.2) is 22.8 Å². The lowest BCUT2D eigenvalue weighted by atomic mass is 10.2. The van der Waals surface area contributed by atoms with Crippen LogP contribution in [-0.2, 0) is 17.8 Å². The number of thiazole rings is 1. The summed E-state index contributed by atoms with van der Waals surface area (Å²) in [5.74, 6) is 0.749. The van der Waals surface area contributed by atoms with Crippen LogP contribution in [0.1, 0.15) is 41.2 Å². The van der Waals surface area contributed by atoms with E-state index in [1.165, 1.54) is 4.88 Å². The Morgan fingerprint density at radius 3 is 2.91 bits per heavy atom. The van der Waals surface area contributed by atoms with E-state index in [1.807, 2.05) is 31.0 Å². The molecule has 0 aliphatic heterocycles. The number of aromatic nitrogens is 1. The highest BCUT2D eigenvalue weighted by atomic mass is 32.1. The molecule has 2 aromatic heterocycles. The molecule has 1 amide bonds. The number of furan rings is 1. The number of rotatable bonds is 7. The van der Waals surface area contributed by atoms with Gasteiger partial charge in [-0.2, -0.15) is 0 Å². The highest BCUT2D eigenvalue weighted by Crippen LogP contribution is 2.28. The van der Waals surface area contributed by atoms with Gasteiger partial charge in [0, 0.05) is 10.9 Å². The summed E-state index contributed by atoms with van der Waals surface area (Å²) in [6.07, 6.45) is 2.55. The van der Waals surface area contributed by atoms with Gasteiger partial charge in [-0.3, -0.25) is 9.69 Å². The summed E-state index contributed by atoms with van der Waals surface area (Å²) < 4.78 is 5.20. The predicted octanol–water partition coefficient (Wildman–Crippen LogP) is 2.92. The zero-order chi connectivity index (χ0) is 16.1. The average molecular weight is 321 g/mol. The Hall–Kier alpha value is -1.66. The Balaban J connectivity index is 1.88. The number of likely N-dealkylation sites (N-methyl/N-ethyl adjacent to an activating group) is 1. The predicted molar refractivity (Wildman–Crippen MR) is 87.8 cm³/mol. The molecule has 2 aromatic rings. The molecule has 0 radical (unpaired) electrons. The quantitative estimate of drug-likeness (QED) is 0.852. The van der Waals surface area contributed by atoms with E-state index in [0.29, 0.717) is 13.1 Å². The number of carbonyl (C=O) groups is 1. The maximum atomic E-state index is 12.0. The van der Waals surface area contributed by atoms with Gasteiger partial charge in [-0.25, -0.2) is 4.98 Å². The van der Waals surface area contributed by atoms with Crippen LogP contribution >= 0.6 is 11.3 Å². The van der Waals surface area contributed by atoms with Gasteiger partial charge in [-0.1, -0.05) is 6.92 Å². The van der Waals surface area contributed by atoms with E-state index in [-0.39, 0.29) is 11.9 Å². The number of hydrogen-bond donors (Lipinski definition) is 1. The lowest BCUT2D eigenvalue weighted by Crippen LogP contribution is -2.36. The fourth-order valence-corrected chi connectivity index (χ4v) is 3.35. The van der Waals surface area contributed by atoms with Gasteiger partial charge in [0.25, 0.3) is 0 Å². The third-order valence-corrected chi connectivity index (χ3v) is 5.12. The molecule has 22 heavy (non-hydrogen) atoms. The van der Waals surface area contributed by atoms with Gasteiger partial charge in [0.05, 0.1) is 30.1 Å². The van der Waals surface area contributed by atoms with Gasteiger partial charge >= 0.3 is 0 Å². The molecule has 0 fully saturated rings. The minimum absolute atomic E-state index is 0.0105. The molecule has 2 heterocycles. The first kappa shape index (κ1) is 16.7. The van der Waals surface area contributed by atoms with Crippen molar-refractivity contribution < 1.29 is 9.21 Å². The number of amides is 1. The lowest BCUT2D eigenvalue weighted by Gasteiger charge is -2.23. The monoisotopic (exact) mass is 321 g/mol. The minimum atomic E-state index is -0.0105. The molecule has 0 aromatic carbocycles. The van der Waals surface area contributed by atoms with Crippen LogP contribution in [0.4, 0.5) is 0 Å². The van der Waals surface area contributed by atoms with E-state index in [9.17, 15) is 4.79 Å². The van der Waals surface area contributed by atoms with E-state index >= 15 is 0 Å². The topological polar surface area (TPSA) is 58.4 Å². The first-order valence-electron chi connectivity index (χ1n) is 7.46. The number of hydrogen-bond acceptors (Lipinski definition) is 5. The molecule has 0 aliphatic carbocycles. The standard InChI is InChI=1S/C16H23N3O2S/c1-5-15-18-11(2)16(22-15)12(3)19(4)10-14(20)17-9-13-7-6-8-21-13/h6-8,12H,5,9-10H2,1-4H3,(H,17,20). The lowest BCUT2D eigenvalue weighted by molar-refractivity contribution is -0.122. The summed E-state index contributed by atoms with van der Waals surface area (Å²) in [4.78, 5) is 19.9. The van der Waals surface area contributed by atoms with E-state index in [4.69, 9.17) is 4.42 Å². The Morgan fingerprint density at radius 1 is 1.55 bits per heavy atom. The van der Waals surface area contributed by atoms with Crippen molar-refractivity contribution in [3.8, 4) is 0 Å². The summed E-state index contributed by atoms with van der Waals surface area (Å²) in [6.45, 7) is 7.03. The van der Waals surface area contributed by atoms with Crippen LogP contribution in [0.3, 0.4) is 0 Å². The van der Waals surface area contributed by atoms with Gasteiger partial charge in [0.1, 0.15) is 5.76 Å². The molecular formula is C16H23N3O2S. The van der Waals surface area contributed by atoms with Crippen LogP contribution in [0, 0.1) is 6.92 Å². The third kappa shape index (κ3) is 4.18. The summed E-state index contributed by atoms with van der Waals surface area (Å²) in [5.41, 5.74) is 1.07. The van der Waals surface area contributed by atoms with Crippen LogP contribution in [-0.4, -0.2) is 29.4 Å². The third-order valence-electron chi connectivity index (χ3n) is 3.65. The van der Waals surface area contributed by atoms with Crippen LogP contribution in [0.2, 0.25) is 0 Å². The average Bonchev–Trinajstić information content (AvgIpc) is 3.13. The molecule has 5 nitrogen and oxygen atoms in total. The second-order valence-corrected chi connectivity index (χ2v) is 6.47. The number of nitrogens with one attached hydrogen (secondary N) is 1. The van der Waals surface area contributed by atoms with E-state index < -0.39 is 0 Å². The molecule has 6 heteroatoms. The van der Waals surface area contributed by atoms with Crippen LogP contribution in [0.25, 0.3) is 0 Å². The summed E-state index contributed by atoms with van der Waals surface area (Å²) in [7, 11) is 1.96. The van der Waals surface area contributed by atoms with Crippen molar-refractivity contribution in [2.75, 3.05) is 13.6 Å². The van der Waals surface area contributed by atoms with Crippen molar-refractivity contribution >= 4 is 17.2 Å². The Labute approximate surface area is 135 Å². The van der Waals surface area contributed by atoms with E-state index in [0.717, 1.165) is 22.9 Å². The Kier molecular flexibility index (Phi) is 5.74. The van der Waals surface area contributed by atoms with Gasteiger partial charge in [-0.15, -0.1) is 11.3 Å². The summed E-state index contributed by atoms with van der Waals surface area (Å²) >= 11 is 1.73. The van der Waals surface area contributed by atoms with Gasteiger partial charge < -0.3 is 9.73 Å². The van der Waals surface area contributed by atoms with E-state index in [2.05, 4.69) is 24.1 Å². The second kappa shape index (κ2) is 7.56. The molecule has 1 unspecified atom stereocenters. The highest BCUT2D eigenvalue weighted by Gasteiger charge is 2.19. The van der Waals surface area contributed by atoms with Gasteiger partial charge in [-0.05, 0) is 39.4 Å². The Morgan fingerprint density at radius 2 is 2.32 bits per heavy atom. The normalized spacial score (nSPS) is 12.6. The van der Waals surface area contributed by atoms with Crippen LogP contribution < -0.4 is 5.32 Å². The molecule has 2 rings (SSSR count). The molecule has 0 saturated carbocycles. The molecule has 120 valence electrons. The number of nitrogens with zero attached hydrogens (tertiary/aromatic N) is 2. The molecular weight excluding hydrogens is 298 g/mol. The Bertz CT molecular complexity index is 607. The minimum Gasteiger partial charge on any atom is -0.467 e. The first-order chi connectivity index (χ1) is 10.5. The highest BCUT2D eigenvalue weighted by molar-refractivity contribution is 7.11. The molecule has 1 atom stereocenters. The van der Waals surface area contributed by atoms with Gasteiger partial charge in [0.15, 0.2) is 0 Å². The maximum Gasteiger partial charge on any atom is 0.234 e. The fraction of sp³-hybridized carbons (Fsp3) is 0.500. The molecule has 0 aliphatic rings. The van der Waals surface area contributed by atoms with E-state index in [1.54, 1.807) is 17.6 Å². The SMILES string of the molecule is CCc1nc(C)c(C(C)N(C)CC(=O)NCc2ccco2)s1. The summed E-state index contributed by atoms with van der Waals surface area (Å²) in [6, 6.07) is 3.83. The largest absolute Gasteiger partial charge is 0.467 e. The molecule has 1 N–H and O–H groups in total. The smallest absolute Gasteiger partial charge is 0.234 e. The zero-order valence-corrected chi connectivity index (χ0v) is 14.4.